The Morgan fingerprint density at radius 3 is 2.62 bits per heavy atom. The van der Waals surface area contributed by atoms with Gasteiger partial charge in [-0.15, -0.1) is 22.7 Å². The number of anilines is 1. The first-order valence-corrected chi connectivity index (χ1v) is 9.35. The third-order valence-corrected chi connectivity index (χ3v) is 5.78. The maximum Gasteiger partial charge on any atom is 0.341 e. The second kappa shape index (κ2) is 7.11. The third kappa shape index (κ3) is 3.28. The van der Waals surface area contributed by atoms with Crippen molar-refractivity contribution in [3.63, 3.8) is 0 Å². The molecule has 8 heteroatoms. The maximum atomic E-state index is 12.5. The van der Waals surface area contributed by atoms with Gasteiger partial charge in [0.2, 0.25) is 0 Å². The largest absolute Gasteiger partial charge is 0.462 e. The zero-order chi connectivity index (χ0) is 17.3. The van der Waals surface area contributed by atoms with Gasteiger partial charge in [-0.1, -0.05) is 41.4 Å². The number of thiophene rings is 2. The van der Waals surface area contributed by atoms with Crippen LogP contribution in [0.4, 0.5) is 5.00 Å². The number of rotatable bonds is 4. The monoisotopic (exact) mass is 399 g/mol. The molecule has 4 nitrogen and oxygen atoms in total. The van der Waals surface area contributed by atoms with Gasteiger partial charge in [-0.3, -0.25) is 4.79 Å². The molecule has 0 fully saturated rings. The fraction of sp³-hybridized carbons (Fsp3) is 0.125. The van der Waals surface area contributed by atoms with Crippen LogP contribution in [0.15, 0.2) is 30.3 Å². The van der Waals surface area contributed by atoms with Gasteiger partial charge >= 0.3 is 5.97 Å². The number of nitrogens with one attached hydrogen (secondary N) is 1. The van der Waals surface area contributed by atoms with E-state index in [9.17, 15) is 9.59 Å². The van der Waals surface area contributed by atoms with Crippen molar-refractivity contribution < 1.29 is 14.3 Å². The van der Waals surface area contributed by atoms with Crippen molar-refractivity contribution in [2.24, 2.45) is 0 Å². The lowest BCUT2D eigenvalue weighted by Gasteiger charge is -2.06. The molecule has 1 amide bonds. The molecule has 0 aliphatic heterocycles. The summed E-state index contributed by atoms with van der Waals surface area (Å²) in [6, 6.07) is 8.91. The summed E-state index contributed by atoms with van der Waals surface area (Å²) >= 11 is 14.3. The van der Waals surface area contributed by atoms with Crippen LogP contribution in [0.5, 0.6) is 0 Å². The van der Waals surface area contributed by atoms with E-state index in [0.29, 0.717) is 19.2 Å². The first-order chi connectivity index (χ1) is 11.5. The van der Waals surface area contributed by atoms with Crippen molar-refractivity contribution in [2.45, 2.75) is 6.92 Å². The van der Waals surface area contributed by atoms with Crippen molar-refractivity contribution in [1.29, 1.82) is 0 Å². The van der Waals surface area contributed by atoms with Crippen molar-refractivity contribution in [3.8, 4) is 0 Å². The van der Waals surface area contributed by atoms with Crippen LogP contribution in [-0.2, 0) is 4.74 Å². The predicted molar refractivity (Wildman–Crippen MR) is 100 cm³/mol. The molecule has 0 atom stereocenters. The highest BCUT2D eigenvalue weighted by molar-refractivity contribution is 7.23. The molecule has 0 spiro atoms. The Morgan fingerprint density at radius 2 is 1.96 bits per heavy atom. The Balaban J connectivity index is 2.02. The van der Waals surface area contributed by atoms with Crippen LogP contribution >= 0.6 is 45.9 Å². The molecule has 0 saturated heterocycles. The maximum absolute atomic E-state index is 12.5. The van der Waals surface area contributed by atoms with E-state index in [-0.39, 0.29) is 12.2 Å². The molecule has 0 saturated carbocycles. The second-order valence-electron chi connectivity index (χ2n) is 4.71. The molecular weight excluding hydrogens is 389 g/mol. The predicted octanol–water partition coefficient (Wildman–Crippen LogP) is 5.70. The number of halogens is 2. The molecule has 0 aliphatic carbocycles. The van der Waals surface area contributed by atoms with Crippen LogP contribution in [0.2, 0.25) is 8.67 Å². The van der Waals surface area contributed by atoms with Crippen LogP contribution in [0.1, 0.15) is 27.6 Å². The average Bonchev–Trinajstić information content (AvgIpc) is 3.06. The number of hydrogen-bond acceptors (Lipinski definition) is 5. The van der Waals surface area contributed by atoms with Gasteiger partial charge in [0.05, 0.1) is 16.5 Å². The molecule has 0 unspecified atom stereocenters. The van der Waals surface area contributed by atoms with Crippen molar-refractivity contribution in [1.82, 2.24) is 0 Å². The summed E-state index contributed by atoms with van der Waals surface area (Å²) in [5, 5.41) is 3.92. The Bertz CT molecular complexity index is 933. The van der Waals surface area contributed by atoms with Crippen LogP contribution in [0.3, 0.4) is 0 Å². The van der Waals surface area contributed by atoms with E-state index in [0.717, 1.165) is 21.4 Å². The zero-order valence-corrected chi connectivity index (χ0v) is 15.5. The number of carbonyl (C=O) groups excluding carboxylic acids is 2. The zero-order valence-electron chi connectivity index (χ0n) is 12.4. The third-order valence-electron chi connectivity index (χ3n) is 3.20. The van der Waals surface area contributed by atoms with Crippen LogP contribution in [0.25, 0.3) is 10.1 Å². The number of esters is 1. The first-order valence-electron chi connectivity index (χ1n) is 6.96. The van der Waals surface area contributed by atoms with Gasteiger partial charge in [0, 0.05) is 10.1 Å². The van der Waals surface area contributed by atoms with E-state index >= 15 is 0 Å². The topological polar surface area (TPSA) is 55.4 Å². The highest BCUT2D eigenvalue weighted by Gasteiger charge is 2.23. The number of benzene rings is 1. The minimum absolute atomic E-state index is 0.252. The van der Waals surface area contributed by atoms with Gasteiger partial charge < -0.3 is 10.1 Å². The lowest BCUT2D eigenvalue weighted by molar-refractivity contribution is 0.0530. The lowest BCUT2D eigenvalue weighted by Crippen LogP contribution is -2.14. The molecule has 2 aromatic heterocycles. The summed E-state index contributed by atoms with van der Waals surface area (Å²) in [5.74, 6) is -0.889. The normalized spacial score (nSPS) is 10.8. The van der Waals surface area contributed by atoms with Crippen molar-refractivity contribution >= 4 is 72.8 Å². The number of amides is 1. The van der Waals surface area contributed by atoms with Gasteiger partial charge in [0.1, 0.15) is 14.9 Å². The minimum Gasteiger partial charge on any atom is -0.462 e. The Kier molecular flexibility index (Phi) is 5.10. The standard InChI is InChI=1S/C16H11Cl2NO3S2/c1-2-22-16(21)12-8-5-3-4-6-10(8)23-15(12)19-14(20)9-7-11(17)24-13(9)18/h3-7H,2H2,1H3,(H,19,20). The molecule has 2 heterocycles. The van der Waals surface area contributed by atoms with E-state index in [1.165, 1.54) is 17.4 Å². The molecule has 0 aliphatic rings. The molecule has 24 heavy (non-hydrogen) atoms. The van der Waals surface area contributed by atoms with Gasteiger partial charge in [0.25, 0.3) is 5.91 Å². The smallest absolute Gasteiger partial charge is 0.341 e. The summed E-state index contributed by atoms with van der Waals surface area (Å²) in [6.45, 7) is 1.99. The van der Waals surface area contributed by atoms with Crippen LogP contribution in [0, 0.1) is 0 Å². The second-order valence-corrected chi connectivity index (χ2v) is 8.05. The number of hydrogen-bond donors (Lipinski definition) is 1. The summed E-state index contributed by atoms with van der Waals surface area (Å²) in [7, 11) is 0. The summed E-state index contributed by atoms with van der Waals surface area (Å²) in [6.07, 6.45) is 0. The Morgan fingerprint density at radius 1 is 1.21 bits per heavy atom. The summed E-state index contributed by atoms with van der Waals surface area (Å²) < 4.78 is 6.73. The van der Waals surface area contributed by atoms with E-state index in [1.54, 1.807) is 6.92 Å². The highest BCUT2D eigenvalue weighted by Crippen LogP contribution is 2.37. The Labute approximate surface area is 156 Å². The summed E-state index contributed by atoms with van der Waals surface area (Å²) in [4.78, 5) is 24.8. The van der Waals surface area contributed by atoms with Crippen LogP contribution < -0.4 is 5.32 Å². The minimum atomic E-state index is -0.473. The van der Waals surface area contributed by atoms with Gasteiger partial charge in [-0.05, 0) is 19.1 Å². The first kappa shape index (κ1) is 17.2. The fourth-order valence-corrected chi connectivity index (χ4v) is 4.75. The summed E-state index contributed by atoms with van der Waals surface area (Å²) in [5.41, 5.74) is 0.627. The Hall–Kier alpha value is -1.60. The quantitative estimate of drug-likeness (QED) is 0.572. The molecule has 1 N–H and O–H groups in total. The van der Waals surface area contributed by atoms with E-state index in [1.807, 2.05) is 24.3 Å². The SMILES string of the molecule is CCOC(=O)c1c(NC(=O)c2cc(Cl)sc2Cl)sc2ccccc12. The molecule has 3 rings (SSSR count). The molecular formula is C16H11Cl2NO3S2. The number of ether oxygens (including phenoxy) is 1. The number of carbonyl (C=O) groups is 2. The van der Waals surface area contributed by atoms with E-state index in [2.05, 4.69) is 5.32 Å². The average molecular weight is 400 g/mol. The van der Waals surface area contributed by atoms with Gasteiger partial charge in [-0.2, -0.15) is 0 Å². The fourth-order valence-electron chi connectivity index (χ4n) is 2.20. The lowest BCUT2D eigenvalue weighted by atomic mass is 10.1. The highest BCUT2D eigenvalue weighted by atomic mass is 35.5. The van der Waals surface area contributed by atoms with Crippen molar-refractivity contribution in [2.75, 3.05) is 11.9 Å². The molecule has 3 aromatic rings. The molecule has 0 radical (unpaired) electrons. The number of fused-ring (bicyclic) bond motifs is 1. The van der Waals surface area contributed by atoms with E-state index in [4.69, 9.17) is 27.9 Å². The van der Waals surface area contributed by atoms with Crippen LogP contribution in [-0.4, -0.2) is 18.5 Å². The molecule has 0 bridgehead atoms. The molecule has 1 aromatic carbocycles. The van der Waals surface area contributed by atoms with Gasteiger partial charge in [-0.25, -0.2) is 4.79 Å². The molecule has 124 valence electrons. The van der Waals surface area contributed by atoms with Gasteiger partial charge in [0.15, 0.2) is 0 Å². The van der Waals surface area contributed by atoms with E-state index < -0.39 is 11.9 Å². The van der Waals surface area contributed by atoms with Crippen molar-refractivity contribution in [3.05, 3.63) is 50.1 Å².